The third-order valence-corrected chi connectivity index (χ3v) is 3.89. The van der Waals surface area contributed by atoms with Gasteiger partial charge in [0.2, 0.25) is 0 Å². The molecule has 1 amide bonds. The minimum atomic E-state index is -0.779. The van der Waals surface area contributed by atoms with Gasteiger partial charge in [-0.15, -0.1) is 10.2 Å². The van der Waals surface area contributed by atoms with Crippen molar-refractivity contribution in [2.45, 2.75) is 0 Å². The zero-order chi connectivity index (χ0) is 18.7. The summed E-state index contributed by atoms with van der Waals surface area (Å²) in [6.07, 6.45) is 1.64. The first-order valence-electron chi connectivity index (χ1n) is 7.09. The van der Waals surface area contributed by atoms with Crippen LogP contribution < -0.4 is 5.32 Å². The van der Waals surface area contributed by atoms with Gasteiger partial charge in [0.1, 0.15) is 16.5 Å². The summed E-state index contributed by atoms with van der Waals surface area (Å²) in [7, 11) is 1.18. The number of carbonyl (C=O) groups is 2. The second-order valence-corrected chi connectivity index (χ2v) is 5.63. The maximum atomic E-state index is 12.4. The van der Waals surface area contributed by atoms with E-state index in [9.17, 15) is 9.59 Å². The molecular formula is C15H10Cl2N6O3. The number of halogens is 2. The van der Waals surface area contributed by atoms with Gasteiger partial charge in [-0.1, -0.05) is 23.2 Å². The number of aromatic amines is 1. The van der Waals surface area contributed by atoms with E-state index in [2.05, 4.69) is 35.4 Å². The van der Waals surface area contributed by atoms with Crippen molar-refractivity contribution < 1.29 is 14.3 Å². The Balaban J connectivity index is 1.86. The van der Waals surface area contributed by atoms with Crippen LogP contribution in [0.3, 0.4) is 0 Å². The highest BCUT2D eigenvalue weighted by atomic mass is 35.5. The second kappa shape index (κ2) is 7.46. The summed E-state index contributed by atoms with van der Waals surface area (Å²) in [5, 5.41) is 16.9. The van der Waals surface area contributed by atoms with Crippen LogP contribution in [0, 0.1) is 0 Å². The van der Waals surface area contributed by atoms with Crippen molar-refractivity contribution in [1.29, 1.82) is 0 Å². The minimum absolute atomic E-state index is 0.0196. The molecule has 3 rings (SSSR count). The van der Waals surface area contributed by atoms with Crippen molar-refractivity contribution in [3.05, 3.63) is 52.0 Å². The fraction of sp³-hybridized carbons (Fsp3) is 0.0667. The molecule has 0 bridgehead atoms. The van der Waals surface area contributed by atoms with E-state index in [-0.39, 0.29) is 27.3 Å². The van der Waals surface area contributed by atoms with E-state index in [0.717, 1.165) is 0 Å². The van der Waals surface area contributed by atoms with Gasteiger partial charge in [0, 0.05) is 6.20 Å². The highest BCUT2D eigenvalue weighted by Gasteiger charge is 2.20. The van der Waals surface area contributed by atoms with Gasteiger partial charge in [0.15, 0.2) is 11.4 Å². The Morgan fingerprint density at radius 3 is 2.58 bits per heavy atom. The van der Waals surface area contributed by atoms with Crippen LogP contribution in [-0.4, -0.2) is 44.4 Å². The fourth-order valence-corrected chi connectivity index (χ4v) is 2.28. The molecule has 0 radical (unpaired) electrons. The summed E-state index contributed by atoms with van der Waals surface area (Å²) in [6, 6.07) is 6.07. The highest BCUT2D eigenvalue weighted by Crippen LogP contribution is 2.26. The van der Waals surface area contributed by atoms with Gasteiger partial charge < -0.3 is 10.1 Å². The molecular weight excluding hydrogens is 383 g/mol. The number of hydrogen-bond acceptors (Lipinski definition) is 7. The van der Waals surface area contributed by atoms with Gasteiger partial charge in [-0.3, -0.25) is 9.89 Å². The lowest BCUT2D eigenvalue weighted by molar-refractivity contribution is 0.0595. The number of anilines is 1. The topological polar surface area (TPSA) is 123 Å². The van der Waals surface area contributed by atoms with Crippen LogP contribution in [0.2, 0.25) is 10.2 Å². The molecule has 0 atom stereocenters. The number of carbonyl (C=O) groups excluding carboxylic acids is 2. The van der Waals surface area contributed by atoms with Crippen LogP contribution in [-0.2, 0) is 4.74 Å². The quantitative estimate of drug-likeness (QED) is 0.516. The van der Waals surface area contributed by atoms with Gasteiger partial charge in [0.25, 0.3) is 5.91 Å². The summed E-state index contributed by atoms with van der Waals surface area (Å²) in [6.45, 7) is 0. The summed E-state index contributed by atoms with van der Waals surface area (Å²) >= 11 is 11.7. The molecule has 3 aromatic heterocycles. The lowest BCUT2D eigenvalue weighted by Crippen LogP contribution is -2.18. The monoisotopic (exact) mass is 392 g/mol. The smallest absolute Gasteiger partial charge is 0.358 e. The molecule has 0 spiro atoms. The zero-order valence-corrected chi connectivity index (χ0v) is 14.7. The van der Waals surface area contributed by atoms with E-state index < -0.39 is 11.9 Å². The average Bonchev–Trinajstić information content (AvgIpc) is 3.18. The number of hydrogen-bond donors (Lipinski definition) is 2. The first kappa shape index (κ1) is 17.8. The van der Waals surface area contributed by atoms with Crippen molar-refractivity contribution in [1.82, 2.24) is 25.4 Å². The van der Waals surface area contributed by atoms with Crippen molar-refractivity contribution in [3.8, 4) is 11.4 Å². The molecule has 0 aliphatic rings. The Hall–Kier alpha value is -3.04. The number of esters is 1. The normalized spacial score (nSPS) is 10.4. The largest absolute Gasteiger partial charge is 0.464 e. The maximum Gasteiger partial charge on any atom is 0.358 e. The van der Waals surface area contributed by atoms with Crippen LogP contribution in [0.15, 0.2) is 30.5 Å². The molecule has 3 aromatic rings. The fourth-order valence-electron chi connectivity index (χ4n) is 1.99. The predicted octanol–water partition coefficient (Wildman–Crippen LogP) is 2.61. The summed E-state index contributed by atoms with van der Waals surface area (Å²) in [4.78, 5) is 28.0. The first-order chi connectivity index (χ1) is 12.5. The van der Waals surface area contributed by atoms with E-state index in [1.54, 1.807) is 18.3 Å². The van der Waals surface area contributed by atoms with Crippen LogP contribution in [0.25, 0.3) is 11.4 Å². The summed E-state index contributed by atoms with van der Waals surface area (Å²) in [5.74, 6) is -1.39. The number of aromatic nitrogens is 5. The molecule has 3 heterocycles. The number of H-pyrrole nitrogens is 1. The molecule has 9 nitrogen and oxygen atoms in total. The Bertz CT molecular complexity index is 960. The third kappa shape index (κ3) is 3.63. The lowest BCUT2D eigenvalue weighted by atomic mass is 10.2. The maximum absolute atomic E-state index is 12.4. The van der Waals surface area contributed by atoms with Crippen LogP contribution in [0.4, 0.5) is 5.69 Å². The molecule has 0 aromatic carbocycles. The minimum Gasteiger partial charge on any atom is -0.464 e. The SMILES string of the molecule is COC(=O)c1nc(Cl)c(Cl)cc1NC(=O)c1ccc(-c2cc[nH]n2)nn1. The standard InChI is InChI=1S/C15H10Cl2N6O3/c1-26-15(25)12-11(6-7(16)13(17)20-12)19-14(24)10-3-2-8(22-23-10)9-4-5-18-21-9/h2-6H,1H3,(H,18,21)(H,19,24). The molecule has 0 aliphatic carbocycles. The molecule has 0 saturated carbocycles. The number of nitrogens with one attached hydrogen (secondary N) is 2. The van der Waals surface area contributed by atoms with E-state index in [1.165, 1.54) is 19.2 Å². The van der Waals surface area contributed by atoms with Crippen LogP contribution >= 0.6 is 23.2 Å². The van der Waals surface area contributed by atoms with Gasteiger partial charge in [0.05, 0.1) is 17.8 Å². The van der Waals surface area contributed by atoms with Crippen molar-refractivity contribution in [3.63, 3.8) is 0 Å². The van der Waals surface area contributed by atoms with Crippen molar-refractivity contribution >= 4 is 40.8 Å². The number of ether oxygens (including phenoxy) is 1. The lowest BCUT2D eigenvalue weighted by Gasteiger charge is -2.10. The van der Waals surface area contributed by atoms with E-state index in [0.29, 0.717) is 11.4 Å². The number of amides is 1. The predicted molar refractivity (Wildman–Crippen MR) is 93.2 cm³/mol. The third-order valence-electron chi connectivity index (χ3n) is 3.22. The molecule has 11 heteroatoms. The summed E-state index contributed by atoms with van der Waals surface area (Å²) in [5.41, 5.74) is 0.956. The number of methoxy groups -OCH3 is 1. The van der Waals surface area contributed by atoms with Crippen molar-refractivity contribution in [2.24, 2.45) is 0 Å². The Kier molecular flexibility index (Phi) is 5.10. The molecule has 132 valence electrons. The van der Waals surface area contributed by atoms with Crippen LogP contribution in [0.1, 0.15) is 21.0 Å². The van der Waals surface area contributed by atoms with E-state index in [4.69, 9.17) is 23.2 Å². The molecule has 26 heavy (non-hydrogen) atoms. The van der Waals surface area contributed by atoms with Gasteiger partial charge in [-0.2, -0.15) is 5.10 Å². The Labute approximate surface area is 156 Å². The van der Waals surface area contributed by atoms with E-state index >= 15 is 0 Å². The zero-order valence-electron chi connectivity index (χ0n) is 13.2. The molecule has 2 N–H and O–H groups in total. The second-order valence-electron chi connectivity index (χ2n) is 4.87. The van der Waals surface area contributed by atoms with Gasteiger partial charge in [-0.25, -0.2) is 9.78 Å². The first-order valence-corrected chi connectivity index (χ1v) is 7.84. The number of nitrogens with zero attached hydrogens (tertiary/aromatic N) is 4. The Morgan fingerprint density at radius 2 is 1.96 bits per heavy atom. The van der Waals surface area contributed by atoms with Gasteiger partial charge >= 0.3 is 5.97 Å². The van der Waals surface area contributed by atoms with E-state index in [1.807, 2.05) is 0 Å². The van der Waals surface area contributed by atoms with Crippen LogP contribution in [0.5, 0.6) is 0 Å². The summed E-state index contributed by atoms with van der Waals surface area (Å²) < 4.78 is 4.62. The molecule has 0 unspecified atom stereocenters. The molecule has 0 fully saturated rings. The Morgan fingerprint density at radius 1 is 1.15 bits per heavy atom. The van der Waals surface area contributed by atoms with Crippen molar-refractivity contribution in [2.75, 3.05) is 12.4 Å². The highest BCUT2D eigenvalue weighted by molar-refractivity contribution is 6.41. The van der Waals surface area contributed by atoms with Gasteiger partial charge in [-0.05, 0) is 24.3 Å². The number of pyridine rings is 1. The number of rotatable bonds is 4. The average molecular weight is 393 g/mol. The molecule has 0 saturated heterocycles. The molecule has 0 aliphatic heterocycles.